The van der Waals surface area contributed by atoms with Crippen LogP contribution in [0.15, 0.2) is 23.1 Å². The van der Waals surface area contributed by atoms with Crippen molar-refractivity contribution in [1.29, 1.82) is 5.26 Å². The first kappa shape index (κ1) is 16.9. The van der Waals surface area contributed by atoms with Crippen LogP contribution < -0.4 is 9.46 Å². The summed E-state index contributed by atoms with van der Waals surface area (Å²) in [5.41, 5.74) is -0.229. The normalized spacial score (nSPS) is 12.4. The molecule has 1 aromatic rings. The van der Waals surface area contributed by atoms with E-state index in [1.807, 2.05) is 6.07 Å². The largest absolute Gasteiger partial charge is 0.493 e. The Morgan fingerprint density at radius 1 is 1.52 bits per heavy atom. The molecule has 0 saturated heterocycles. The maximum Gasteiger partial charge on any atom is 0.339 e. The molecule has 1 atom stereocenters. The summed E-state index contributed by atoms with van der Waals surface area (Å²) in [6, 6.07) is 5.50. The van der Waals surface area contributed by atoms with Gasteiger partial charge < -0.3 is 9.84 Å². The third-order valence-corrected chi connectivity index (χ3v) is 4.01. The number of nitrogens with one attached hydrogen (secondary N) is 1. The molecule has 0 saturated carbocycles. The first-order valence-corrected chi connectivity index (χ1v) is 7.69. The zero-order valence-electron chi connectivity index (χ0n) is 11.7. The van der Waals surface area contributed by atoms with Crippen LogP contribution in [0.5, 0.6) is 5.75 Å². The molecule has 0 fully saturated rings. The second-order valence-electron chi connectivity index (χ2n) is 4.28. The number of aromatic carboxylic acids is 1. The van der Waals surface area contributed by atoms with Gasteiger partial charge in [-0.15, -0.1) is 0 Å². The molecular formula is C13H16N2O5S. The smallest absolute Gasteiger partial charge is 0.339 e. The number of nitriles is 1. The molecule has 0 radical (unpaired) electrons. The van der Waals surface area contributed by atoms with Crippen LogP contribution in [0.25, 0.3) is 0 Å². The van der Waals surface area contributed by atoms with Crippen LogP contribution >= 0.6 is 0 Å². The number of rotatable bonds is 7. The van der Waals surface area contributed by atoms with E-state index in [4.69, 9.17) is 15.1 Å². The lowest BCUT2D eigenvalue weighted by atomic mass is 10.2. The molecule has 8 heteroatoms. The quantitative estimate of drug-likeness (QED) is 0.782. The van der Waals surface area contributed by atoms with Gasteiger partial charge >= 0.3 is 5.97 Å². The van der Waals surface area contributed by atoms with E-state index in [1.54, 1.807) is 13.8 Å². The summed E-state index contributed by atoms with van der Waals surface area (Å²) < 4.78 is 31.5. The van der Waals surface area contributed by atoms with Crippen LogP contribution in [0.3, 0.4) is 0 Å². The monoisotopic (exact) mass is 312 g/mol. The first-order chi connectivity index (χ1) is 9.81. The molecule has 21 heavy (non-hydrogen) atoms. The van der Waals surface area contributed by atoms with Gasteiger partial charge in [0.2, 0.25) is 10.0 Å². The number of sulfonamides is 1. The second kappa shape index (κ2) is 7.06. The van der Waals surface area contributed by atoms with Gasteiger partial charge in [-0.05, 0) is 32.0 Å². The Kier molecular flexibility index (Phi) is 5.69. The molecule has 7 nitrogen and oxygen atoms in total. The Hall–Kier alpha value is -2.11. The van der Waals surface area contributed by atoms with Crippen LogP contribution in [-0.2, 0) is 10.0 Å². The maximum absolute atomic E-state index is 12.0. The van der Waals surface area contributed by atoms with Gasteiger partial charge in [0.25, 0.3) is 0 Å². The lowest BCUT2D eigenvalue weighted by Crippen LogP contribution is -2.28. The lowest BCUT2D eigenvalue weighted by molar-refractivity contribution is 0.0692. The van der Waals surface area contributed by atoms with E-state index in [1.165, 1.54) is 12.1 Å². The zero-order valence-corrected chi connectivity index (χ0v) is 12.5. The van der Waals surface area contributed by atoms with Crippen molar-refractivity contribution in [2.24, 2.45) is 5.92 Å². The first-order valence-electron chi connectivity index (χ1n) is 6.21. The fraction of sp³-hybridized carbons (Fsp3) is 0.385. The number of ether oxygens (including phenoxy) is 1. The van der Waals surface area contributed by atoms with E-state index in [0.717, 1.165) is 6.07 Å². The molecule has 0 aliphatic carbocycles. The minimum absolute atomic E-state index is 0.0472. The van der Waals surface area contributed by atoms with Gasteiger partial charge in [0.1, 0.15) is 11.3 Å². The molecule has 1 unspecified atom stereocenters. The van der Waals surface area contributed by atoms with Crippen molar-refractivity contribution in [2.45, 2.75) is 18.7 Å². The number of carboxylic acids is 1. The van der Waals surface area contributed by atoms with Gasteiger partial charge in [-0.3, -0.25) is 0 Å². The lowest BCUT2D eigenvalue weighted by Gasteiger charge is -2.11. The molecule has 1 aromatic carbocycles. The van der Waals surface area contributed by atoms with Gasteiger partial charge in [-0.2, -0.15) is 5.26 Å². The Bertz CT molecular complexity index is 664. The SMILES string of the molecule is CCOc1ccc(S(=O)(=O)NCC(C)C#N)cc1C(=O)O. The highest BCUT2D eigenvalue weighted by molar-refractivity contribution is 7.89. The van der Waals surface area contributed by atoms with E-state index in [9.17, 15) is 13.2 Å². The van der Waals surface area contributed by atoms with Crippen molar-refractivity contribution in [3.8, 4) is 11.8 Å². The Labute approximate surface area is 123 Å². The molecule has 0 aliphatic heterocycles. The molecule has 2 N–H and O–H groups in total. The highest BCUT2D eigenvalue weighted by Crippen LogP contribution is 2.22. The van der Waals surface area contributed by atoms with Crippen molar-refractivity contribution in [2.75, 3.05) is 13.2 Å². The average molecular weight is 312 g/mol. The predicted molar refractivity (Wildman–Crippen MR) is 74.5 cm³/mol. The van der Waals surface area contributed by atoms with Gasteiger partial charge in [-0.1, -0.05) is 0 Å². The molecule has 0 aliphatic rings. The second-order valence-corrected chi connectivity index (χ2v) is 6.05. The number of benzene rings is 1. The molecule has 1 rings (SSSR count). The zero-order chi connectivity index (χ0) is 16.0. The van der Waals surface area contributed by atoms with Crippen molar-refractivity contribution in [1.82, 2.24) is 4.72 Å². The van der Waals surface area contributed by atoms with Crippen molar-refractivity contribution in [3.05, 3.63) is 23.8 Å². The van der Waals surface area contributed by atoms with Crippen molar-refractivity contribution < 1.29 is 23.1 Å². The van der Waals surface area contributed by atoms with E-state index < -0.39 is 21.9 Å². The van der Waals surface area contributed by atoms with Crippen LogP contribution in [0, 0.1) is 17.2 Å². The summed E-state index contributed by atoms with van der Waals surface area (Å²) >= 11 is 0. The number of carboxylic acid groups (broad SMARTS) is 1. The molecule has 0 spiro atoms. The van der Waals surface area contributed by atoms with Gasteiger partial charge in [0.15, 0.2) is 0 Å². The van der Waals surface area contributed by atoms with Crippen molar-refractivity contribution in [3.63, 3.8) is 0 Å². The molecular weight excluding hydrogens is 296 g/mol. The summed E-state index contributed by atoms with van der Waals surface area (Å²) in [6.45, 7) is 3.49. The predicted octanol–water partition coefficient (Wildman–Crippen LogP) is 1.22. The molecule has 0 aromatic heterocycles. The minimum Gasteiger partial charge on any atom is -0.493 e. The third-order valence-electron chi connectivity index (χ3n) is 2.59. The van der Waals surface area contributed by atoms with E-state index in [-0.39, 0.29) is 29.4 Å². The van der Waals surface area contributed by atoms with Crippen LogP contribution in [0.4, 0.5) is 0 Å². The van der Waals surface area contributed by atoms with Gasteiger partial charge in [-0.25, -0.2) is 17.9 Å². The number of nitrogens with zero attached hydrogens (tertiary/aromatic N) is 1. The Morgan fingerprint density at radius 3 is 2.71 bits per heavy atom. The maximum atomic E-state index is 12.0. The molecule has 0 amide bonds. The summed E-state index contributed by atoms with van der Waals surface area (Å²) in [4.78, 5) is 11.0. The van der Waals surface area contributed by atoms with Crippen LogP contribution in [0.2, 0.25) is 0 Å². The molecule has 0 heterocycles. The van der Waals surface area contributed by atoms with Gasteiger partial charge in [0, 0.05) is 6.54 Å². The van der Waals surface area contributed by atoms with Crippen molar-refractivity contribution >= 4 is 16.0 Å². The number of hydrogen-bond acceptors (Lipinski definition) is 5. The van der Waals surface area contributed by atoms with Crippen LogP contribution in [0.1, 0.15) is 24.2 Å². The minimum atomic E-state index is -3.87. The summed E-state index contributed by atoms with van der Waals surface area (Å²) in [7, 11) is -3.87. The fourth-order valence-electron chi connectivity index (χ4n) is 1.49. The van der Waals surface area contributed by atoms with E-state index >= 15 is 0 Å². The Balaban J connectivity index is 3.11. The average Bonchev–Trinajstić information content (AvgIpc) is 2.45. The fourth-order valence-corrected chi connectivity index (χ4v) is 2.64. The highest BCUT2D eigenvalue weighted by atomic mass is 32.2. The summed E-state index contributed by atoms with van der Waals surface area (Å²) in [5.74, 6) is -1.66. The van der Waals surface area contributed by atoms with E-state index in [2.05, 4.69) is 4.72 Å². The number of carbonyl (C=O) groups is 1. The molecule has 0 bridgehead atoms. The topological polar surface area (TPSA) is 116 Å². The van der Waals surface area contributed by atoms with Gasteiger partial charge in [0.05, 0.1) is 23.5 Å². The Morgan fingerprint density at radius 2 is 2.19 bits per heavy atom. The highest BCUT2D eigenvalue weighted by Gasteiger charge is 2.20. The third kappa shape index (κ3) is 4.44. The summed E-state index contributed by atoms with van der Waals surface area (Å²) in [6.07, 6.45) is 0. The number of hydrogen-bond donors (Lipinski definition) is 2. The standard InChI is InChI=1S/C13H16N2O5S/c1-3-20-12-5-4-10(6-11(12)13(16)17)21(18,19)15-8-9(2)7-14/h4-6,9,15H,3,8H2,1-2H3,(H,16,17). The van der Waals surface area contributed by atoms with Crippen LogP contribution in [-0.4, -0.2) is 32.6 Å². The molecule has 114 valence electrons. The summed E-state index contributed by atoms with van der Waals surface area (Å²) in [5, 5.41) is 17.7. The van der Waals surface area contributed by atoms with E-state index in [0.29, 0.717) is 0 Å².